The number of nitrogens with zero attached hydrogens (tertiary/aromatic N) is 1. The Bertz CT molecular complexity index is 308. The number of hydrogen-bond acceptors (Lipinski definition) is 3. The molecular formula is C12H19N3. The summed E-state index contributed by atoms with van der Waals surface area (Å²) in [5.74, 6) is 0. The zero-order valence-electron chi connectivity index (χ0n) is 9.46. The van der Waals surface area contributed by atoms with Crippen LogP contribution in [-0.4, -0.2) is 23.1 Å². The normalized spacial score (nSPS) is 24.3. The highest BCUT2D eigenvalue weighted by Crippen LogP contribution is 2.17. The van der Waals surface area contributed by atoms with Crippen LogP contribution < -0.4 is 10.6 Å². The van der Waals surface area contributed by atoms with Gasteiger partial charge in [0.2, 0.25) is 0 Å². The molecule has 0 radical (unpaired) electrons. The van der Waals surface area contributed by atoms with Crippen LogP contribution in [-0.2, 0) is 6.54 Å². The molecule has 0 amide bonds. The van der Waals surface area contributed by atoms with Crippen molar-refractivity contribution in [2.75, 3.05) is 6.54 Å². The molecule has 0 aliphatic carbocycles. The van der Waals surface area contributed by atoms with Crippen molar-refractivity contribution in [3.63, 3.8) is 0 Å². The summed E-state index contributed by atoms with van der Waals surface area (Å²) in [6.07, 6.45) is 4.87. The SMILES string of the molecule is CC1(C)CC(NCc2ccncc2)CN1. The average molecular weight is 205 g/mol. The van der Waals surface area contributed by atoms with Crippen LogP contribution in [0.3, 0.4) is 0 Å². The number of aromatic nitrogens is 1. The van der Waals surface area contributed by atoms with Gasteiger partial charge >= 0.3 is 0 Å². The second-order valence-corrected chi connectivity index (χ2v) is 4.90. The van der Waals surface area contributed by atoms with Crippen LogP contribution in [0.5, 0.6) is 0 Å². The van der Waals surface area contributed by atoms with Crippen LogP contribution in [0.15, 0.2) is 24.5 Å². The molecule has 82 valence electrons. The lowest BCUT2D eigenvalue weighted by Crippen LogP contribution is -2.31. The lowest BCUT2D eigenvalue weighted by atomic mass is 10.0. The molecule has 0 bridgehead atoms. The Balaban J connectivity index is 1.80. The molecule has 15 heavy (non-hydrogen) atoms. The molecule has 1 saturated heterocycles. The van der Waals surface area contributed by atoms with Crippen LogP contribution in [0.25, 0.3) is 0 Å². The molecule has 1 fully saturated rings. The van der Waals surface area contributed by atoms with Crippen LogP contribution in [0.1, 0.15) is 25.8 Å². The first-order valence-electron chi connectivity index (χ1n) is 5.53. The van der Waals surface area contributed by atoms with Crippen LogP contribution >= 0.6 is 0 Å². The van der Waals surface area contributed by atoms with Crippen molar-refractivity contribution in [3.8, 4) is 0 Å². The molecule has 1 aliphatic rings. The predicted octanol–water partition coefficient (Wildman–Crippen LogP) is 1.31. The van der Waals surface area contributed by atoms with Gasteiger partial charge < -0.3 is 10.6 Å². The molecule has 3 heteroatoms. The fraction of sp³-hybridized carbons (Fsp3) is 0.583. The van der Waals surface area contributed by atoms with Crippen LogP contribution in [0.2, 0.25) is 0 Å². The second kappa shape index (κ2) is 4.29. The topological polar surface area (TPSA) is 37.0 Å². The summed E-state index contributed by atoms with van der Waals surface area (Å²) in [5, 5.41) is 7.07. The Labute approximate surface area is 91.3 Å². The maximum atomic E-state index is 4.01. The third kappa shape index (κ3) is 3.01. The Morgan fingerprint density at radius 3 is 2.80 bits per heavy atom. The van der Waals surface area contributed by atoms with E-state index in [1.54, 1.807) is 0 Å². The molecule has 0 spiro atoms. The standard InChI is InChI=1S/C12H19N3/c1-12(2)7-11(9-15-12)14-8-10-3-5-13-6-4-10/h3-6,11,14-15H,7-9H2,1-2H3. The Morgan fingerprint density at radius 1 is 1.47 bits per heavy atom. The first-order valence-corrected chi connectivity index (χ1v) is 5.53. The maximum Gasteiger partial charge on any atom is 0.0271 e. The molecule has 1 aliphatic heterocycles. The van der Waals surface area contributed by atoms with Crippen LogP contribution in [0.4, 0.5) is 0 Å². The summed E-state index contributed by atoms with van der Waals surface area (Å²) in [7, 11) is 0. The van der Waals surface area contributed by atoms with Crippen molar-refractivity contribution in [3.05, 3.63) is 30.1 Å². The molecule has 2 N–H and O–H groups in total. The first-order chi connectivity index (χ1) is 7.16. The quantitative estimate of drug-likeness (QED) is 0.781. The van der Waals surface area contributed by atoms with Gasteiger partial charge in [-0.3, -0.25) is 4.98 Å². The molecule has 0 saturated carbocycles. The summed E-state index contributed by atoms with van der Waals surface area (Å²) >= 11 is 0. The minimum Gasteiger partial charge on any atom is -0.310 e. The number of rotatable bonds is 3. The van der Waals surface area contributed by atoms with Gasteiger partial charge in [0, 0.05) is 37.1 Å². The zero-order valence-corrected chi connectivity index (χ0v) is 9.46. The maximum absolute atomic E-state index is 4.01. The fourth-order valence-electron chi connectivity index (χ4n) is 2.07. The second-order valence-electron chi connectivity index (χ2n) is 4.90. The van der Waals surface area contributed by atoms with E-state index in [0.29, 0.717) is 6.04 Å². The predicted molar refractivity (Wildman–Crippen MR) is 61.6 cm³/mol. The van der Waals surface area contributed by atoms with E-state index in [1.165, 1.54) is 12.0 Å². The average Bonchev–Trinajstić information content (AvgIpc) is 2.57. The lowest BCUT2D eigenvalue weighted by Gasteiger charge is -2.17. The molecule has 2 rings (SSSR count). The van der Waals surface area contributed by atoms with E-state index in [1.807, 2.05) is 12.4 Å². The summed E-state index contributed by atoms with van der Waals surface area (Å²) in [4.78, 5) is 4.01. The molecule has 1 unspecified atom stereocenters. The molecule has 1 aromatic rings. The zero-order chi connectivity index (χ0) is 10.7. The van der Waals surface area contributed by atoms with Gasteiger partial charge in [-0.1, -0.05) is 0 Å². The highest BCUT2D eigenvalue weighted by Gasteiger charge is 2.29. The summed E-state index contributed by atoms with van der Waals surface area (Å²) < 4.78 is 0. The first kappa shape index (κ1) is 10.6. The molecule has 0 aromatic carbocycles. The van der Waals surface area contributed by atoms with E-state index < -0.39 is 0 Å². The van der Waals surface area contributed by atoms with Crippen molar-refractivity contribution < 1.29 is 0 Å². The van der Waals surface area contributed by atoms with Gasteiger partial charge in [0.1, 0.15) is 0 Å². The number of hydrogen-bond donors (Lipinski definition) is 2. The highest BCUT2D eigenvalue weighted by atomic mass is 15.1. The minimum absolute atomic E-state index is 0.288. The van der Waals surface area contributed by atoms with E-state index in [0.717, 1.165) is 13.1 Å². The van der Waals surface area contributed by atoms with Gasteiger partial charge in [0.25, 0.3) is 0 Å². The van der Waals surface area contributed by atoms with Gasteiger partial charge in [-0.2, -0.15) is 0 Å². The van der Waals surface area contributed by atoms with Crippen molar-refractivity contribution in [1.29, 1.82) is 0 Å². The lowest BCUT2D eigenvalue weighted by molar-refractivity contribution is 0.442. The van der Waals surface area contributed by atoms with Crippen molar-refractivity contribution in [2.24, 2.45) is 0 Å². The van der Waals surface area contributed by atoms with E-state index >= 15 is 0 Å². The van der Waals surface area contributed by atoms with E-state index in [4.69, 9.17) is 0 Å². The third-order valence-electron chi connectivity index (χ3n) is 2.93. The fourth-order valence-corrected chi connectivity index (χ4v) is 2.07. The smallest absolute Gasteiger partial charge is 0.0271 e. The Morgan fingerprint density at radius 2 is 2.20 bits per heavy atom. The van der Waals surface area contributed by atoms with Crippen molar-refractivity contribution in [1.82, 2.24) is 15.6 Å². The Hall–Kier alpha value is -0.930. The molecule has 3 nitrogen and oxygen atoms in total. The third-order valence-corrected chi connectivity index (χ3v) is 2.93. The van der Waals surface area contributed by atoms with Crippen LogP contribution in [0, 0.1) is 0 Å². The van der Waals surface area contributed by atoms with Gasteiger partial charge in [-0.15, -0.1) is 0 Å². The Kier molecular flexibility index (Phi) is 3.03. The summed E-state index contributed by atoms with van der Waals surface area (Å²) in [5.41, 5.74) is 1.59. The van der Waals surface area contributed by atoms with Gasteiger partial charge in [-0.05, 0) is 38.0 Å². The van der Waals surface area contributed by atoms with Gasteiger partial charge in [0.15, 0.2) is 0 Å². The number of pyridine rings is 1. The minimum atomic E-state index is 0.288. The van der Waals surface area contributed by atoms with Gasteiger partial charge in [-0.25, -0.2) is 0 Å². The van der Waals surface area contributed by atoms with Crippen molar-refractivity contribution in [2.45, 2.75) is 38.4 Å². The van der Waals surface area contributed by atoms with E-state index in [9.17, 15) is 0 Å². The van der Waals surface area contributed by atoms with Gasteiger partial charge in [0.05, 0.1) is 0 Å². The molecule has 2 heterocycles. The monoisotopic (exact) mass is 205 g/mol. The molecular weight excluding hydrogens is 186 g/mol. The van der Waals surface area contributed by atoms with Crippen molar-refractivity contribution >= 4 is 0 Å². The molecule has 1 aromatic heterocycles. The largest absolute Gasteiger partial charge is 0.310 e. The van der Waals surface area contributed by atoms with E-state index in [-0.39, 0.29) is 5.54 Å². The molecule has 1 atom stereocenters. The highest BCUT2D eigenvalue weighted by molar-refractivity contribution is 5.09. The summed E-state index contributed by atoms with van der Waals surface area (Å²) in [6, 6.07) is 4.70. The van der Waals surface area contributed by atoms with E-state index in [2.05, 4.69) is 41.6 Å². The number of nitrogens with one attached hydrogen (secondary N) is 2. The summed E-state index contributed by atoms with van der Waals surface area (Å²) in [6.45, 7) is 6.51.